The number of aryl methyl sites for hydroxylation is 1. The molecule has 6 heteroatoms. The molecule has 1 nitrogen and oxygen atoms in total. The summed E-state index contributed by atoms with van der Waals surface area (Å²) in [5.74, 6) is 0. The van der Waals surface area contributed by atoms with Gasteiger partial charge < -0.3 is 12.9 Å². The zero-order valence-electron chi connectivity index (χ0n) is 7.19. The molecule has 0 heterocycles. The van der Waals surface area contributed by atoms with E-state index in [0.717, 1.165) is 12.1 Å². The highest BCUT2D eigenvalue weighted by molar-refractivity contribution is 6.76. The number of halogens is 4. The fraction of sp³-hybridized carbons (Fsp3) is 0.125. The summed E-state index contributed by atoms with van der Waals surface area (Å²) >= 11 is 5.43. The van der Waals surface area contributed by atoms with Gasteiger partial charge in [0.05, 0.1) is 11.6 Å². The highest BCUT2D eigenvalue weighted by Gasteiger charge is 2.28. The molecule has 0 aliphatic heterocycles. The van der Waals surface area contributed by atoms with Gasteiger partial charge in [0.2, 0.25) is 0 Å². The molecule has 0 aromatic heterocycles. The van der Waals surface area contributed by atoms with Crippen LogP contribution in [0.3, 0.4) is 0 Å². The molecule has 0 aliphatic carbocycles. The third-order valence-electron chi connectivity index (χ3n) is 1.82. The Morgan fingerprint density at radius 2 is 1.93 bits per heavy atom. The quantitative estimate of drug-likeness (QED) is 0.665. The minimum Gasteiger partial charge on any atom is -0.445 e. The lowest BCUT2D eigenvalue weighted by atomic mass is 9.78. The van der Waals surface area contributed by atoms with E-state index in [4.69, 9.17) is 16.9 Å². The van der Waals surface area contributed by atoms with Crippen LogP contribution in [-0.2, 0) is 0 Å². The maximum atomic E-state index is 12.4. The normalized spacial score (nSPS) is 11.1. The highest BCUT2D eigenvalue weighted by Crippen LogP contribution is 2.19. The lowest BCUT2D eigenvalue weighted by Crippen LogP contribution is -2.35. The molecule has 0 N–H and O–H groups in total. The molecular weight excluding hydrogens is 213 g/mol. The molecular formula is C8H5BClF3N-. The smallest absolute Gasteiger partial charge is 0.445 e. The van der Waals surface area contributed by atoms with Crippen LogP contribution in [0.25, 0.3) is 0 Å². The van der Waals surface area contributed by atoms with Crippen LogP contribution in [0.1, 0.15) is 11.1 Å². The fourth-order valence-electron chi connectivity index (χ4n) is 1.06. The van der Waals surface area contributed by atoms with Crippen molar-refractivity contribution in [3.05, 3.63) is 28.3 Å². The zero-order chi connectivity index (χ0) is 10.9. The van der Waals surface area contributed by atoms with Crippen molar-refractivity contribution >= 4 is 24.0 Å². The van der Waals surface area contributed by atoms with Crippen molar-refractivity contribution in [2.45, 2.75) is 6.92 Å². The molecule has 0 aliphatic rings. The molecule has 0 fully saturated rings. The minimum atomic E-state index is -5.15. The number of rotatable bonds is 1. The average molecular weight is 218 g/mol. The summed E-state index contributed by atoms with van der Waals surface area (Å²) in [7, 11) is 0. The van der Waals surface area contributed by atoms with Crippen LogP contribution in [0.2, 0.25) is 5.02 Å². The van der Waals surface area contributed by atoms with E-state index in [2.05, 4.69) is 0 Å². The van der Waals surface area contributed by atoms with Crippen molar-refractivity contribution in [3.8, 4) is 6.07 Å². The van der Waals surface area contributed by atoms with Gasteiger partial charge in [0, 0.05) is 5.02 Å². The molecule has 74 valence electrons. The Morgan fingerprint density at radius 1 is 1.36 bits per heavy atom. The van der Waals surface area contributed by atoms with Crippen LogP contribution < -0.4 is 5.46 Å². The van der Waals surface area contributed by atoms with Crippen molar-refractivity contribution in [1.82, 2.24) is 0 Å². The van der Waals surface area contributed by atoms with Crippen molar-refractivity contribution in [3.63, 3.8) is 0 Å². The maximum absolute atomic E-state index is 12.4. The molecule has 0 saturated carbocycles. The van der Waals surface area contributed by atoms with Gasteiger partial charge in [-0.1, -0.05) is 23.1 Å². The second kappa shape index (κ2) is 3.54. The first-order chi connectivity index (χ1) is 6.36. The summed E-state index contributed by atoms with van der Waals surface area (Å²) in [6.45, 7) is -3.61. The van der Waals surface area contributed by atoms with E-state index in [1.54, 1.807) is 6.07 Å². The van der Waals surface area contributed by atoms with Gasteiger partial charge in [-0.15, -0.1) is 0 Å². The van der Waals surface area contributed by atoms with Crippen molar-refractivity contribution < 1.29 is 12.9 Å². The zero-order valence-corrected chi connectivity index (χ0v) is 7.95. The molecule has 0 atom stereocenters. The van der Waals surface area contributed by atoms with Crippen LogP contribution in [-0.4, -0.2) is 6.98 Å². The summed E-state index contributed by atoms with van der Waals surface area (Å²) in [5, 5.41) is 8.19. The molecule has 1 aromatic rings. The van der Waals surface area contributed by atoms with Crippen LogP contribution in [0.5, 0.6) is 0 Å². The van der Waals surface area contributed by atoms with E-state index < -0.39 is 12.4 Å². The minimum absolute atomic E-state index is 0.00333. The largest absolute Gasteiger partial charge is 0.511 e. The van der Waals surface area contributed by atoms with Gasteiger partial charge in [-0.2, -0.15) is 5.26 Å². The second-order valence-corrected chi connectivity index (χ2v) is 3.28. The molecule has 0 saturated heterocycles. The van der Waals surface area contributed by atoms with E-state index in [1.165, 1.54) is 6.92 Å². The van der Waals surface area contributed by atoms with Gasteiger partial charge in [-0.05, 0) is 18.6 Å². The third kappa shape index (κ3) is 2.02. The van der Waals surface area contributed by atoms with E-state index in [-0.39, 0.29) is 10.6 Å². The Kier molecular flexibility index (Phi) is 2.77. The molecule has 14 heavy (non-hydrogen) atoms. The second-order valence-electron chi connectivity index (χ2n) is 2.88. The van der Waals surface area contributed by atoms with E-state index >= 15 is 0 Å². The first-order valence-electron chi connectivity index (χ1n) is 3.76. The molecule has 0 amide bonds. The molecule has 0 unspecified atom stereocenters. The number of nitriles is 1. The predicted octanol–water partition coefficient (Wildman–Crippen LogP) is 2.57. The molecule has 1 rings (SSSR count). The average Bonchev–Trinajstić information content (AvgIpc) is 2.02. The van der Waals surface area contributed by atoms with Crippen molar-refractivity contribution in [2.24, 2.45) is 0 Å². The Balaban J connectivity index is 3.41. The van der Waals surface area contributed by atoms with Gasteiger partial charge >= 0.3 is 6.98 Å². The molecule has 0 bridgehead atoms. The summed E-state index contributed by atoms with van der Waals surface area (Å²) < 4.78 is 37.1. The standard InChI is InChI=1S/C8H5BClF3N/c1-5-2-8(10)7(9(11,12)13)3-6(5)4-14/h2-3H,1H3/q-1. The van der Waals surface area contributed by atoms with Gasteiger partial charge in [0.15, 0.2) is 0 Å². The lowest BCUT2D eigenvalue weighted by Gasteiger charge is -2.17. The number of hydrogen-bond acceptors (Lipinski definition) is 1. The van der Waals surface area contributed by atoms with Gasteiger partial charge in [0.1, 0.15) is 0 Å². The monoisotopic (exact) mass is 218 g/mol. The Labute approximate surface area is 84.2 Å². The number of nitrogens with zero attached hydrogens (tertiary/aromatic N) is 1. The van der Waals surface area contributed by atoms with Gasteiger partial charge in [-0.25, -0.2) is 0 Å². The summed E-state index contributed by atoms with van der Waals surface area (Å²) in [6.07, 6.45) is 0. The first kappa shape index (κ1) is 10.9. The summed E-state index contributed by atoms with van der Waals surface area (Å²) in [6, 6.07) is 3.63. The van der Waals surface area contributed by atoms with Crippen LogP contribution in [0.15, 0.2) is 12.1 Å². The molecule has 0 radical (unpaired) electrons. The molecule has 0 spiro atoms. The van der Waals surface area contributed by atoms with Crippen LogP contribution in [0, 0.1) is 18.3 Å². The topological polar surface area (TPSA) is 23.8 Å². The highest BCUT2D eigenvalue weighted by atomic mass is 35.5. The Hall–Kier alpha value is -1.15. The third-order valence-corrected chi connectivity index (χ3v) is 2.14. The lowest BCUT2D eigenvalue weighted by molar-refractivity contribution is 0.501. The van der Waals surface area contributed by atoms with Crippen LogP contribution >= 0.6 is 11.6 Å². The molecule has 1 aromatic carbocycles. The number of benzene rings is 1. The van der Waals surface area contributed by atoms with E-state index in [1.807, 2.05) is 0 Å². The number of hydrogen-bond donors (Lipinski definition) is 0. The van der Waals surface area contributed by atoms with Gasteiger partial charge in [-0.3, -0.25) is 0 Å². The van der Waals surface area contributed by atoms with Crippen molar-refractivity contribution in [2.75, 3.05) is 0 Å². The predicted molar refractivity (Wildman–Crippen MR) is 49.6 cm³/mol. The Bertz CT molecular complexity index is 408. The summed E-state index contributed by atoms with van der Waals surface area (Å²) in [5.41, 5.74) is -0.460. The van der Waals surface area contributed by atoms with Crippen molar-refractivity contribution in [1.29, 1.82) is 5.26 Å². The summed E-state index contributed by atoms with van der Waals surface area (Å²) in [4.78, 5) is 0. The van der Waals surface area contributed by atoms with E-state index in [9.17, 15) is 12.9 Å². The maximum Gasteiger partial charge on any atom is 0.511 e. The van der Waals surface area contributed by atoms with Crippen LogP contribution in [0.4, 0.5) is 12.9 Å². The Morgan fingerprint density at radius 3 is 2.36 bits per heavy atom. The van der Waals surface area contributed by atoms with Gasteiger partial charge in [0.25, 0.3) is 0 Å². The van der Waals surface area contributed by atoms with E-state index in [0.29, 0.717) is 5.56 Å². The fourth-order valence-corrected chi connectivity index (χ4v) is 1.40. The SMILES string of the molecule is Cc1cc(Cl)c([B-](F)(F)F)cc1C#N. The first-order valence-corrected chi connectivity index (χ1v) is 4.14.